The Bertz CT molecular complexity index is 1540. The van der Waals surface area contributed by atoms with Gasteiger partial charge in [0.05, 0.1) is 28.1 Å². The SMILES string of the molecule is Cc1ccc2nc(N3C(=O)C(O)=C(C(=O)c4ccco4)C3c3ccc(O)cc3)sc2c1.O=C(O)C(=O)O. The van der Waals surface area contributed by atoms with E-state index in [0.717, 1.165) is 10.3 Å². The number of Topliss-reactive ketones (excluding diaryl/α,β-unsaturated/α-hetero) is 1. The van der Waals surface area contributed by atoms with Gasteiger partial charge in [-0.15, -0.1) is 0 Å². The lowest BCUT2D eigenvalue weighted by molar-refractivity contribution is -0.159. The number of carboxylic acid groups (broad SMARTS) is 2. The maximum absolute atomic E-state index is 13.2. The number of amides is 1. The number of anilines is 1. The normalized spacial score (nSPS) is 15.0. The van der Waals surface area contributed by atoms with Gasteiger partial charge in [-0.2, -0.15) is 0 Å². The first kappa shape index (κ1) is 25.1. The highest BCUT2D eigenvalue weighted by Crippen LogP contribution is 2.44. The van der Waals surface area contributed by atoms with Gasteiger partial charge < -0.3 is 24.8 Å². The number of hydrogen-bond acceptors (Lipinski definition) is 9. The fourth-order valence-corrected chi connectivity index (χ4v) is 4.76. The number of aliphatic hydroxyl groups is 1. The topological polar surface area (TPSA) is 178 Å². The number of nitrogens with zero attached hydrogens (tertiary/aromatic N) is 2. The summed E-state index contributed by atoms with van der Waals surface area (Å²) in [6, 6.07) is 14.0. The molecule has 0 aliphatic carbocycles. The zero-order chi connectivity index (χ0) is 26.9. The number of carboxylic acids is 2. The van der Waals surface area contributed by atoms with Crippen LogP contribution in [0.15, 0.2) is 76.6 Å². The molecule has 188 valence electrons. The number of aliphatic hydroxyl groups excluding tert-OH is 1. The summed E-state index contributed by atoms with van der Waals surface area (Å²) >= 11 is 1.30. The predicted molar refractivity (Wildman–Crippen MR) is 131 cm³/mol. The maximum Gasteiger partial charge on any atom is 0.414 e. The number of phenolic OH excluding ortho intramolecular Hbond substituents is 1. The highest BCUT2D eigenvalue weighted by atomic mass is 32.1. The molecule has 5 rings (SSSR count). The standard InChI is InChI=1S/C23H16N2O5S.C2H2O4/c1-12-4-9-15-17(11-12)31-23(24-15)25-19(13-5-7-14(26)8-6-13)18(21(28)22(25)29)20(27)16-3-2-10-30-16;3-1(4)2(5)6/h2-11,19,26,28H,1H3;(H,3,4)(H,5,6). The smallest absolute Gasteiger partial charge is 0.414 e. The Kier molecular flexibility index (Phi) is 6.76. The number of aromatic hydroxyl groups is 1. The van der Waals surface area contributed by atoms with Crippen molar-refractivity contribution in [3.63, 3.8) is 0 Å². The third-order valence-electron chi connectivity index (χ3n) is 5.33. The van der Waals surface area contributed by atoms with Gasteiger partial charge in [0.2, 0.25) is 5.78 Å². The van der Waals surface area contributed by atoms with E-state index in [2.05, 4.69) is 4.98 Å². The molecule has 1 aliphatic heterocycles. The number of carbonyl (C=O) groups excluding carboxylic acids is 2. The van der Waals surface area contributed by atoms with Gasteiger partial charge in [-0.1, -0.05) is 29.5 Å². The number of aryl methyl sites for hydroxylation is 1. The van der Waals surface area contributed by atoms with Crippen molar-refractivity contribution in [1.29, 1.82) is 0 Å². The van der Waals surface area contributed by atoms with Crippen LogP contribution in [0.1, 0.15) is 27.7 Å². The highest BCUT2D eigenvalue weighted by Gasteiger charge is 2.46. The number of aromatic nitrogens is 1. The van der Waals surface area contributed by atoms with Gasteiger partial charge in [0.15, 0.2) is 16.7 Å². The molecule has 4 aromatic rings. The number of furan rings is 1. The van der Waals surface area contributed by atoms with E-state index < -0.39 is 35.4 Å². The average molecular weight is 522 g/mol. The minimum Gasteiger partial charge on any atom is -0.508 e. The molecule has 0 saturated heterocycles. The molecule has 3 heterocycles. The zero-order valence-corrected chi connectivity index (χ0v) is 19.8. The van der Waals surface area contributed by atoms with E-state index in [-0.39, 0.29) is 17.1 Å². The van der Waals surface area contributed by atoms with Gasteiger partial charge in [-0.25, -0.2) is 14.6 Å². The van der Waals surface area contributed by atoms with Crippen LogP contribution in [0.2, 0.25) is 0 Å². The van der Waals surface area contributed by atoms with Crippen molar-refractivity contribution in [2.24, 2.45) is 0 Å². The highest BCUT2D eigenvalue weighted by molar-refractivity contribution is 7.22. The second-order valence-electron chi connectivity index (χ2n) is 7.82. The monoisotopic (exact) mass is 522 g/mol. The fourth-order valence-electron chi connectivity index (χ4n) is 3.67. The van der Waals surface area contributed by atoms with E-state index in [1.54, 1.807) is 18.2 Å². The van der Waals surface area contributed by atoms with Crippen LogP contribution in [0, 0.1) is 6.92 Å². The van der Waals surface area contributed by atoms with Crippen molar-refractivity contribution < 1.29 is 44.0 Å². The molecule has 37 heavy (non-hydrogen) atoms. The van der Waals surface area contributed by atoms with Crippen LogP contribution < -0.4 is 4.90 Å². The van der Waals surface area contributed by atoms with Gasteiger partial charge in [0.25, 0.3) is 5.91 Å². The van der Waals surface area contributed by atoms with Crippen LogP contribution in [0.5, 0.6) is 5.75 Å². The molecule has 1 atom stereocenters. The lowest BCUT2D eigenvalue weighted by Crippen LogP contribution is -2.30. The zero-order valence-electron chi connectivity index (χ0n) is 19.0. The van der Waals surface area contributed by atoms with Gasteiger partial charge in [0.1, 0.15) is 5.75 Å². The third kappa shape index (κ3) is 4.90. The summed E-state index contributed by atoms with van der Waals surface area (Å²) in [5.74, 6) is -5.54. The van der Waals surface area contributed by atoms with Crippen LogP contribution in [0.4, 0.5) is 5.13 Å². The van der Waals surface area contributed by atoms with Gasteiger partial charge in [-0.3, -0.25) is 14.5 Å². The maximum atomic E-state index is 13.2. The molecule has 4 N–H and O–H groups in total. The van der Waals surface area contributed by atoms with Crippen molar-refractivity contribution in [2.45, 2.75) is 13.0 Å². The molecular weight excluding hydrogens is 504 g/mol. The number of ketones is 1. The van der Waals surface area contributed by atoms with Crippen LogP contribution in [-0.2, 0) is 14.4 Å². The lowest BCUT2D eigenvalue weighted by Gasteiger charge is -2.24. The molecule has 0 spiro atoms. The summed E-state index contributed by atoms with van der Waals surface area (Å²) in [7, 11) is 0. The second-order valence-corrected chi connectivity index (χ2v) is 8.82. The predicted octanol–water partition coefficient (Wildman–Crippen LogP) is 3.84. The summed E-state index contributed by atoms with van der Waals surface area (Å²) in [5.41, 5.74) is 2.22. The van der Waals surface area contributed by atoms with Crippen molar-refractivity contribution in [3.8, 4) is 5.75 Å². The number of phenols is 1. The number of rotatable bonds is 4. The molecule has 0 saturated carbocycles. The van der Waals surface area contributed by atoms with Crippen molar-refractivity contribution in [1.82, 2.24) is 4.98 Å². The number of hydrogen-bond donors (Lipinski definition) is 4. The van der Waals surface area contributed by atoms with Crippen LogP contribution in [0.25, 0.3) is 10.2 Å². The molecular formula is C25H18N2O9S. The Morgan fingerprint density at radius 2 is 1.68 bits per heavy atom. The number of carbonyl (C=O) groups is 4. The molecule has 2 aromatic heterocycles. The Labute approximate surface area is 212 Å². The lowest BCUT2D eigenvalue weighted by atomic mass is 9.95. The van der Waals surface area contributed by atoms with Crippen molar-refractivity contribution in [2.75, 3.05) is 4.90 Å². The van der Waals surface area contributed by atoms with Crippen LogP contribution in [-0.4, -0.2) is 49.0 Å². The van der Waals surface area contributed by atoms with E-state index in [9.17, 15) is 19.8 Å². The minimum absolute atomic E-state index is 0.0138. The molecule has 1 aliphatic rings. The quantitative estimate of drug-likeness (QED) is 0.227. The minimum atomic E-state index is -1.82. The number of benzene rings is 2. The average Bonchev–Trinajstić information content (AvgIpc) is 3.58. The third-order valence-corrected chi connectivity index (χ3v) is 6.35. The fraction of sp³-hybridized carbons (Fsp3) is 0.0800. The first-order chi connectivity index (χ1) is 17.6. The van der Waals surface area contributed by atoms with Crippen molar-refractivity contribution in [3.05, 3.63) is 89.1 Å². The van der Waals surface area contributed by atoms with Crippen LogP contribution in [0.3, 0.4) is 0 Å². The van der Waals surface area contributed by atoms with Gasteiger partial charge in [0, 0.05) is 0 Å². The van der Waals surface area contributed by atoms with Gasteiger partial charge in [-0.05, 0) is 54.4 Å². The van der Waals surface area contributed by atoms with E-state index in [4.69, 9.17) is 24.2 Å². The summed E-state index contributed by atoms with van der Waals surface area (Å²) < 4.78 is 6.11. The number of thiazole rings is 1. The summed E-state index contributed by atoms with van der Waals surface area (Å²) in [5, 5.41) is 35.6. The molecule has 0 fully saturated rings. The Hall–Kier alpha value is -4.97. The van der Waals surface area contributed by atoms with Gasteiger partial charge >= 0.3 is 11.9 Å². The molecule has 2 aromatic carbocycles. The molecule has 12 heteroatoms. The Balaban J connectivity index is 0.000000480. The van der Waals surface area contributed by atoms with E-state index in [0.29, 0.717) is 16.2 Å². The first-order valence-corrected chi connectivity index (χ1v) is 11.4. The molecule has 1 unspecified atom stereocenters. The Morgan fingerprint density at radius 1 is 1.00 bits per heavy atom. The number of aliphatic carboxylic acids is 2. The molecule has 0 radical (unpaired) electrons. The summed E-state index contributed by atoms with van der Waals surface area (Å²) in [6.07, 6.45) is 1.35. The van der Waals surface area contributed by atoms with E-state index in [1.165, 1.54) is 40.7 Å². The van der Waals surface area contributed by atoms with E-state index >= 15 is 0 Å². The van der Waals surface area contributed by atoms with E-state index in [1.807, 2.05) is 25.1 Å². The van der Waals surface area contributed by atoms with Crippen molar-refractivity contribution >= 4 is 50.3 Å². The summed E-state index contributed by atoms with van der Waals surface area (Å²) in [6.45, 7) is 1.96. The first-order valence-electron chi connectivity index (χ1n) is 10.6. The number of fused-ring (bicyclic) bond motifs is 1. The largest absolute Gasteiger partial charge is 0.508 e. The Morgan fingerprint density at radius 3 is 2.27 bits per heavy atom. The molecule has 1 amide bonds. The van der Waals surface area contributed by atoms with Crippen LogP contribution >= 0.6 is 11.3 Å². The molecule has 0 bridgehead atoms. The molecule has 11 nitrogen and oxygen atoms in total. The second kappa shape index (κ2) is 9.95. The summed E-state index contributed by atoms with van der Waals surface area (Å²) in [4.78, 5) is 50.4.